The van der Waals surface area contributed by atoms with Crippen LogP contribution in [0.15, 0.2) is 58.2 Å². The highest BCUT2D eigenvalue weighted by Crippen LogP contribution is 2.46. The molecular weight excluding hydrogens is 482 g/mol. The van der Waals surface area contributed by atoms with E-state index in [0.717, 1.165) is 30.7 Å². The minimum atomic E-state index is -0.568. The van der Waals surface area contributed by atoms with E-state index in [9.17, 15) is 9.59 Å². The van der Waals surface area contributed by atoms with Gasteiger partial charge in [-0.25, -0.2) is 9.79 Å². The van der Waals surface area contributed by atoms with Crippen molar-refractivity contribution < 1.29 is 28.5 Å². The molecule has 0 spiro atoms. The molecule has 0 aromatic heterocycles. The number of carbonyl (C=O) groups excluding carboxylic acids is 2. The van der Waals surface area contributed by atoms with Gasteiger partial charge < -0.3 is 29.2 Å². The molecule has 3 heterocycles. The molecule has 0 unspecified atom stereocenters. The van der Waals surface area contributed by atoms with Crippen molar-refractivity contribution in [1.82, 2.24) is 10.2 Å². The summed E-state index contributed by atoms with van der Waals surface area (Å²) in [6.45, 7) is 6.72. The maximum atomic E-state index is 13.2. The molecule has 1 N–H and O–H groups in total. The van der Waals surface area contributed by atoms with E-state index >= 15 is 0 Å². The number of amides is 1. The first-order valence-electron chi connectivity index (χ1n) is 11.8. The monoisotopic (exact) mass is 513 g/mol. The summed E-state index contributed by atoms with van der Waals surface area (Å²) in [6, 6.07) is 4.93. The number of carbonyl (C=O) groups is 2. The number of methoxy groups -OCH3 is 2. The third kappa shape index (κ3) is 5.44. The lowest BCUT2D eigenvalue weighted by molar-refractivity contribution is -0.138. The number of nitrogens with zero attached hydrogens (tertiary/aromatic N) is 2. The first-order valence-corrected chi connectivity index (χ1v) is 12.7. The topological polar surface area (TPSA) is 98.7 Å². The SMILES string of the molecule is C=CCOC(=O)C1=C(C)N=C2SC=C(CC(=O)NC[C@@H]3CCCO3)N2[C@@H]1c1ccc(OC)c(OC)c1. The zero-order valence-corrected chi connectivity index (χ0v) is 21.6. The van der Waals surface area contributed by atoms with Crippen molar-refractivity contribution in [2.75, 3.05) is 34.0 Å². The lowest BCUT2D eigenvalue weighted by Crippen LogP contribution is -2.38. The number of fused-ring (bicyclic) bond motifs is 1. The molecule has 0 bridgehead atoms. The summed E-state index contributed by atoms with van der Waals surface area (Å²) in [5, 5.41) is 5.57. The molecule has 1 fully saturated rings. The highest BCUT2D eigenvalue weighted by atomic mass is 32.2. The summed E-state index contributed by atoms with van der Waals surface area (Å²) < 4.78 is 22.0. The number of amidine groups is 1. The molecule has 1 aromatic carbocycles. The zero-order chi connectivity index (χ0) is 25.7. The Hall–Kier alpha value is -3.24. The molecule has 1 aromatic rings. The van der Waals surface area contributed by atoms with Crippen molar-refractivity contribution in [3.8, 4) is 11.5 Å². The maximum Gasteiger partial charge on any atom is 0.338 e. The second kappa shape index (κ2) is 11.7. The summed E-state index contributed by atoms with van der Waals surface area (Å²) in [5.41, 5.74) is 2.46. The van der Waals surface area contributed by atoms with E-state index in [-0.39, 0.29) is 25.0 Å². The van der Waals surface area contributed by atoms with Crippen molar-refractivity contribution in [3.63, 3.8) is 0 Å². The third-order valence-corrected chi connectivity index (χ3v) is 7.06. The number of aliphatic imine (C=N–C) groups is 1. The zero-order valence-electron chi connectivity index (χ0n) is 20.7. The van der Waals surface area contributed by atoms with Crippen LogP contribution in [-0.4, -0.2) is 62.0 Å². The van der Waals surface area contributed by atoms with Crippen LogP contribution in [0.3, 0.4) is 0 Å². The second-order valence-corrected chi connectivity index (χ2v) is 9.35. The number of hydrogen-bond acceptors (Lipinski definition) is 9. The molecule has 0 saturated carbocycles. The molecule has 2 atom stereocenters. The molecule has 1 amide bonds. The molecule has 0 radical (unpaired) electrons. The minimum Gasteiger partial charge on any atom is -0.493 e. The minimum absolute atomic E-state index is 0.0596. The first kappa shape index (κ1) is 25.8. The number of benzene rings is 1. The molecule has 9 nitrogen and oxygen atoms in total. The fourth-order valence-electron chi connectivity index (χ4n) is 4.44. The number of esters is 1. The maximum absolute atomic E-state index is 13.2. The van der Waals surface area contributed by atoms with Gasteiger partial charge in [-0.15, -0.1) is 0 Å². The Morgan fingerprint density at radius 1 is 1.31 bits per heavy atom. The summed E-state index contributed by atoms with van der Waals surface area (Å²) >= 11 is 1.42. The van der Waals surface area contributed by atoms with Gasteiger partial charge in [0.2, 0.25) is 5.91 Å². The summed E-state index contributed by atoms with van der Waals surface area (Å²) in [6.07, 6.45) is 3.68. The van der Waals surface area contributed by atoms with Crippen molar-refractivity contribution in [3.05, 3.63) is 58.8 Å². The molecule has 10 heteroatoms. The number of hydrogen-bond donors (Lipinski definition) is 1. The van der Waals surface area contributed by atoms with Gasteiger partial charge in [0.1, 0.15) is 6.61 Å². The smallest absolute Gasteiger partial charge is 0.338 e. The standard InChI is InChI=1S/C26H31N3O6S/c1-5-10-35-25(31)23-16(2)28-26-29(24(23)17-8-9-20(32-3)21(12-17)33-4)18(15-36-26)13-22(30)27-14-19-7-6-11-34-19/h5,8-9,12,15,19,24H,1,6-7,10-11,13-14H2,2-4H3,(H,27,30)/t19-,24+/m0/s1. The van der Waals surface area contributed by atoms with Crippen LogP contribution in [0.2, 0.25) is 0 Å². The van der Waals surface area contributed by atoms with Crippen LogP contribution < -0.4 is 14.8 Å². The molecule has 36 heavy (non-hydrogen) atoms. The molecule has 0 aliphatic carbocycles. The average molecular weight is 514 g/mol. The Labute approximate surface area is 215 Å². The van der Waals surface area contributed by atoms with Crippen molar-refractivity contribution in [2.45, 2.75) is 38.3 Å². The number of allylic oxidation sites excluding steroid dienone is 1. The summed E-state index contributed by atoms with van der Waals surface area (Å²) in [4.78, 5) is 32.6. The molecule has 3 aliphatic heterocycles. The number of nitrogens with one attached hydrogen (secondary N) is 1. The van der Waals surface area contributed by atoms with Crippen LogP contribution in [-0.2, 0) is 19.1 Å². The highest BCUT2D eigenvalue weighted by Gasteiger charge is 2.41. The van der Waals surface area contributed by atoms with E-state index in [1.807, 2.05) is 22.4 Å². The fraction of sp³-hybridized carbons (Fsp3) is 0.423. The molecule has 3 aliphatic rings. The van der Waals surface area contributed by atoms with Crippen molar-refractivity contribution in [2.24, 2.45) is 4.99 Å². The third-order valence-electron chi connectivity index (χ3n) is 6.17. The van der Waals surface area contributed by atoms with Crippen LogP contribution in [0.5, 0.6) is 11.5 Å². The lowest BCUT2D eigenvalue weighted by Gasteiger charge is -2.36. The van der Waals surface area contributed by atoms with E-state index in [0.29, 0.717) is 34.5 Å². The Bertz CT molecular complexity index is 1120. The van der Waals surface area contributed by atoms with Gasteiger partial charge in [-0.3, -0.25) is 4.79 Å². The Balaban J connectivity index is 1.65. The molecule has 4 rings (SSSR count). The number of ether oxygens (including phenoxy) is 4. The fourth-order valence-corrected chi connectivity index (χ4v) is 5.41. The molecular formula is C26H31N3O6S. The van der Waals surface area contributed by atoms with Crippen LogP contribution in [0.4, 0.5) is 0 Å². The van der Waals surface area contributed by atoms with Gasteiger partial charge in [-0.2, -0.15) is 0 Å². The van der Waals surface area contributed by atoms with Crippen molar-refractivity contribution in [1.29, 1.82) is 0 Å². The quantitative estimate of drug-likeness (QED) is 0.374. The Morgan fingerprint density at radius 2 is 2.11 bits per heavy atom. The van der Waals surface area contributed by atoms with E-state index < -0.39 is 12.0 Å². The van der Waals surface area contributed by atoms with Gasteiger partial charge in [-0.05, 0) is 42.9 Å². The van der Waals surface area contributed by atoms with Gasteiger partial charge >= 0.3 is 5.97 Å². The first-order chi connectivity index (χ1) is 17.5. The van der Waals surface area contributed by atoms with Gasteiger partial charge in [-0.1, -0.05) is 30.5 Å². The predicted octanol–water partition coefficient (Wildman–Crippen LogP) is 3.69. The van der Waals surface area contributed by atoms with Gasteiger partial charge in [0.25, 0.3) is 0 Å². The highest BCUT2D eigenvalue weighted by molar-refractivity contribution is 8.16. The summed E-state index contributed by atoms with van der Waals surface area (Å²) in [7, 11) is 3.13. The van der Waals surface area contributed by atoms with Crippen LogP contribution in [0.1, 0.15) is 37.8 Å². The number of rotatable bonds is 10. The van der Waals surface area contributed by atoms with E-state index in [1.165, 1.54) is 17.8 Å². The number of thioether (sulfide) groups is 1. The predicted molar refractivity (Wildman–Crippen MR) is 138 cm³/mol. The second-order valence-electron chi connectivity index (χ2n) is 8.51. The largest absolute Gasteiger partial charge is 0.493 e. The Morgan fingerprint density at radius 3 is 2.81 bits per heavy atom. The van der Waals surface area contributed by atoms with Crippen molar-refractivity contribution >= 4 is 28.8 Å². The van der Waals surface area contributed by atoms with Gasteiger partial charge in [0.05, 0.1) is 44.1 Å². The van der Waals surface area contributed by atoms with E-state index in [1.54, 1.807) is 27.2 Å². The van der Waals surface area contributed by atoms with Gasteiger partial charge in [0, 0.05) is 18.8 Å². The Kier molecular flexibility index (Phi) is 8.37. The van der Waals surface area contributed by atoms with E-state index in [4.69, 9.17) is 18.9 Å². The lowest BCUT2D eigenvalue weighted by atomic mass is 9.93. The van der Waals surface area contributed by atoms with Crippen LogP contribution >= 0.6 is 11.8 Å². The van der Waals surface area contributed by atoms with Crippen LogP contribution in [0.25, 0.3) is 0 Å². The molecule has 192 valence electrons. The van der Waals surface area contributed by atoms with Gasteiger partial charge in [0.15, 0.2) is 16.7 Å². The average Bonchev–Trinajstić information content (AvgIpc) is 3.55. The normalized spacial score (nSPS) is 20.9. The van der Waals surface area contributed by atoms with Crippen LogP contribution in [0, 0.1) is 0 Å². The summed E-state index contributed by atoms with van der Waals surface area (Å²) in [5.74, 6) is 0.491. The van der Waals surface area contributed by atoms with E-state index in [2.05, 4.69) is 16.9 Å². The molecule has 1 saturated heterocycles.